The highest BCUT2D eigenvalue weighted by molar-refractivity contribution is 5.99. The maximum atomic E-state index is 13.2. The van der Waals surface area contributed by atoms with E-state index in [0.29, 0.717) is 30.2 Å². The van der Waals surface area contributed by atoms with Crippen molar-refractivity contribution in [3.8, 4) is 11.5 Å². The van der Waals surface area contributed by atoms with Gasteiger partial charge in [0, 0.05) is 38.3 Å². The van der Waals surface area contributed by atoms with Crippen molar-refractivity contribution >= 4 is 5.91 Å². The minimum Gasteiger partial charge on any atom is -0.496 e. The van der Waals surface area contributed by atoms with Gasteiger partial charge in [-0.05, 0) is 32.4 Å². The molecule has 1 fully saturated rings. The van der Waals surface area contributed by atoms with Crippen LogP contribution in [-0.4, -0.2) is 61.3 Å². The van der Waals surface area contributed by atoms with Crippen LogP contribution >= 0.6 is 0 Å². The predicted molar refractivity (Wildman–Crippen MR) is 101 cm³/mol. The number of aryl methyl sites for hydroxylation is 2. The monoisotopic (exact) mass is 373 g/mol. The first-order valence-electron chi connectivity index (χ1n) is 9.19. The summed E-state index contributed by atoms with van der Waals surface area (Å²) in [6, 6.07) is 5.40. The summed E-state index contributed by atoms with van der Waals surface area (Å²) >= 11 is 0. The van der Waals surface area contributed by atoms with Crippen LogP contribution in [0.2, 0.25) is 0 Å². The number of benzene rings is 1. The second-order valence-corrected chi connectivity index (χ2v) is 6.76. The van der Waals surface area contributed by atoms with Gasteiger partial charge in [0.25, 0.3) is 5.91 Å². The zero-order chi connectivity index (χ0) is 19.4. The number of methoxy groups -OCH3 is 2. The molecule has 1 aromatic carbocycles. The normalized spacial score (nSPS) is 15.5. The molecule has 0 saturated carbocycles. The Morgan fingerprint density at radius 2 is 1.81 bits per heavy atom. The Morgan fingerprint density at radius 3 is 2.41 bits per heavy atom. The van der Waals surface area contributed by atoms with Crippen molar-refractivity contribution < 1.29 is 18.8 Å². The van der Waals surface area contributed by atoms with E-state index in [9.17, 15) is 4.79 Å². The second-order valence-electron chi connectivity index (χ2n) is 6.76. The fraction of sp³-hybridized carbons (Fsp3) is 0.500. The quantitative estimate of drug-likeness (QED) is 0.803. The molecule has 0 spiro atoms. The third-order valence-electron chi connectivity index (χ3n) is 5.08. The predicted octanol–water partition coefficient (Wildman–Crippen LogP) is 2.66. The summed E-state index contributed by atoms with van der Waals surface area (Å²) in [6.45, 7) is 7.79. The molecule has 0 bridgehead atoms. The van der Waals surface area contributed by atoms with Crippen LogP contribution in [0.5, 0.6) is 11.5 Å². The highest BCUT2D eigenvalue weighted by Gasteiger charge is 2.26. The van der Waals surface area contributed by atoms with E-state index in [0.717, 1.165) is 43.1 Å². The molecule has 2 aromatic rings. The van der Waals surface area contributed by atoms with Gasteiger partial charge in [0.2, 0.25) is 0 Å². The van der Waals surface area contributed by atoms with Gasteiger partial charge in [-0.15, -0.1) is 0 Å². The highest BCUT2D eigenvalue weighted by atomic mass is 16.5. The van der Waals surface area contributed by atoms with Gasteiger partial charge in [-0.25, -0.2) is 0 Å². The van der Waals surface area contributed by atoms with Crippen LogP contribution in [0.3, 0.4) is 0 Å². The molecule has 1 aromatic heterocycles. The third kappa shape index (κ3) is 4.08. The molecule has 146 valence electrons. The minimum atomic E-state index is -0.0523. The zero-order valence-electron chi connectivity index (χ0n) is 16.4. The summed E-state index contributed by atoms with van der Waals surface area (Å²) in [5.74, 6) is 1.89. The Bertz CT molecular complexity index is 761. The lowest BCUT2D eigenvalue weighted by molar-refractivity contribution is 0.0754. The van der Waals surface area contributed by atoms with Crippen molar-refractivity contribution in [3.05, 3.63) is 40.8 Å². The van der Waals surface area contributed by atoms with E-state index >= 15 is 0 Å². The van der Waals surface area contributed by atoms with E-state index in [4.69, 9.17) is 14.0 Å². The lowest BCUT2D eigenvalue weighted by Gasteiger charge is -2.23. The summed E-state index contributed by atoms with van der Waals surface area (Å²) in [7, 11) is 3.14. The number of aromatic nitrogens is 1. The maximum absolute atomic E-state index is 13.2. The Labute approximate surface area is 159 Å². The van der Waals surface area contributed by atoms with Crippen LogP contribution in [0.4, 0.5) is 0 Å². The van der Waals surface area contributed by atoms with E-state index < -0.39 is 0 Å². The SMILES string of the molecule is COc1cccc(OC)c1C(=O)N1CCCN(Cc2c(C)noc2C)CC1. The van der Waals surface area contributed by atoms with E-state index in [1.807, 2.05) is 24.8 Å². The van der Waals surface area contributed by atoms with Gasteiger partial charge in [-0.2, -0.15) is 0 Å². The van der Waals surface area contributed by atoms with Crippen LogP contribution in [-0.2, 0) is 6.54 Å². The fourth-order valence-electron chi connectivity index (χ4n) is 3.50. The molecule has 0 radical (unpaired) electrons. The molecule has 1 aliphatic rings. The van der Waals surface area contributed by atoms with Crippen molar-refractivity contribution in [1.82, 2.24) is 15.0 Å². The largest absolute Gasteiger partial charge is 0.496 e. The number of hydrogen-bond acceptors (Lipinski definition) is 6. The minimum absolute atomic E-state index is 0.0523. The molecule has 2 heterocycles. The Morgan fingerprint density at radius 1 is 1.11 bits per heavy atom. The van der Waals surface area contributed by atoms with E-state index in [-0.39, 0.29) is 5.91 Å². The molecule has 3 rings (SSSR count). The zero-order valence-corrected chi connectivity index (χ0v) is 16.4. The molecule has 0 unspecified atom stereocenters. The number of carbonyl (C=O) groups excluding carboxylic acids is 1. The van der Waals surface area contributed by atoms with Gasteiger partial charge in [-0.3, -0.25) is 9.69 Å². The lowest BCUT2D eigenvalue weighted by atomic mass is 10.1. The van der Waals surface area contributed by atoms with Crippen molar-refractivity contribution in [1.29, 1.82) is 0 Å². The summed E-state index contributed by atoms with van der Waals surface area (Å²) in [5.41, 5.74) is 2.56. The Hall–Kier alpha value is -2.54. The first-order chi connectivity index (χ1) is 13.0. The molecule has 1 aliphatic heterocycles. The number of ether oxygens (including phenoxy) is 2. The average molecular weight is 373 g/mol. The first-order valence-corrected chi connectivity index (χ1v) is 9.19. The van der Waals surface area contributed by atoms with Crippen LogP contribution < -0.4 is 9.47 Å². The van der Waals surface area contributed by atoms with Gasteiger partial charge in [0.05, 0.1) is 19.9 Å². The smallest absolute Gasteiger partial charge is 0.261 e. The lowest BCUT2D eigenvalue weighted by Crippen LogP contribution is -2.35. The van der Waals surface area contributed by atoms with Gasteiger partial charge in [-0.1, -0.05) is 11.2 Å². The van der Waals surface area contributed by atoms with Crippen LogP contribution in [0, 0.1) is 13.8 Å². The molecular formula is C20H27N3O4. The van der Waals surface area contributed by atoms with Crippen LogP contribution in [0.25, 0.3) is 0 Å². The fourth-order valence-corrected chi connectivity index (χ4v) is 3.50. The van der Waals surface area contributed by atoms with Crippen molar-refractivity contribution in [2.24, 2.45) is 0 Å². The van der Waals surface area contributed by atoms with Gasteiger partial charge in [0.15, 0.2) is 0 Å². The number of amides is 1. The van der Waals surface area contributed by atoms with Crippen LogP contribution in [0.1, 0.15) is 33.8 Å². The topological polar surface area (TPSA) is 68.0 Å². The number of nitrogens with zero attached hydrogens (tertiary/aromatic N) is 3. The molecular weight excluding hydrogens is 346 g/mol. The van der Waals surface area contributed by atoms with Gasteiger partial charge in [0.1, 0.15) is 22.8 Å². The second kappa shape index (κ2) is 8.43. The summed E-state index contributed by atoms with van der Waals surface area (Å²) in [6.07, 6.45) is 0.909. The maximum Gasteiger partial charge on any atom is 0.261 e. The van der Waals surface area contributed by atoms with Gasteiger partial charge < -0.3 is 18.9 Å². The summed E-state index contributed by atoms with van der Waals surface area (Å²) in [4.78, 5) is 17.4. The summed E-state index contributed by atoms with van der Waals surface area (Å²) < 4.78 is 16.1. The number of carbonyl (C=O) groups is 1. The van der Waals surface area contributed by atoms with E-state index in [1.165, 1.54) is 0 Å². The molecule has 7 heteroatoms. The molecule has 0 atom stereocenters. The number of hydrogen-bond donors (Lipinski definition) is 0. The molecule has 0 N–H and O–H groups in total. The standard InChI is InChI=1S/C20H27N3O4/c1-14-16(15(2)27-21-14)13-22-9-6-10-23(12-11-22)20(24)19-17(25-3)7-5-8-18(19)26-4/h5,7-8H,6,9-13H2,1-4H3. The van der Waals surface area contributed by atoms with Crippen molar-refractivity contribution in [2.45, 2.75) is 26.8 Å². The molecule has 1 saturated heterocycles. The number of rotatable bonds is 5. The molecule has 0 aliphatic carbocycles. The molecule has 27 heavy (non-hydrogen) atoms. The van der Waals surface area contributed by atoms with E-state index in [2.05, 4.69) is 10.1 Å². The third-order valence-corrected chi connectivity index (χ3v) is 5.08. The Balaban J connectivity index is 1.72. The highest BCUT2D eigenvalue weighted by Crippen LogP contribution is 2.30. The molecule has 7 nitrogen and oxygen atoms in total. The van der Waals surface area contributed by atoms with Crippen molar-refractivity contribution in [3.63, 3.8) is 0 Å². The van der Waals surface area contributed by atoms with Crippen LogP contribution in [0.15, 0.2) is 22.7 Å². The molecule has 1 amide bonds. The van der Waals surface area contributed by atoms with Crippen molar-refractivity contribution in [2.75, 3.05) is 40.4 Å². The first kappa shape index (κ1) is 19.2. The Kier molecular flexibility index (Phi) is 6.01. The summed E-state index contributed by atoms with van der Waals surface area (Å²) in [5, 5.41) is 4.03. The average Bonchev–Trinajstić information content (AvgIpc) is 2.88. The van der Waals surface area contributed by atoms with E-state index in [1.54, 1.807) is 26.4 Å². The van der Waals surface area contributed by atoms with Gasteiger partial charge >= 0.3 is 0 Å².